The molecule has 0 fully saturated rings. The average molecular weight is 378 g/mol. The Hall–Kier alpha value is -2.59. The molecule has 0 aromatic carbocycles. The van der Waals surface area contributed by atoms with Crippen LogP contribution in [-0.4, -0.2) is 27.9 Å². The molecule has 0 aliphatic carbocycles. The molecule has 0 saturated carbocycles. The van der Waals surface area contributed by atoms with E-state index in [1.54, 1.807) is 13.0 Å². The van der Waals surface area contributed by atoms with Gasteiger partial charge in [-0.15, -0.1) is 21.5 Å². The van der Waals surface area contributed by atoms with Crippen molar-refractivity contribution >= 4 is 35.0 Å². The summed E-state index contributed by atoms with van der Waals surface area (Å²) in [5.74, 6) is 0.523. The zero-order valence-electron chi connectivity index (χ0n) is 13.1. The van der Waals surface area contributed by atoms with Crippen LogP contribution in [0.1, 0.15) is 10.6 Å². The number of thioether (sulfide) groups is 1. The summed E-state index contributed by atoms with van der Waals surface area (Å²) in [4.78, 5) is 24.4. The Bertz CT molecular complexity index is 857. The molecule has 0 radical (unpaired) electrons. The van der Waals surface area contributed by atoms with E-state index in [2.05, 4.69) is 20.8 Å². The van der Waals surface area contributed by atoms with Crippen molar-refractivity contribution in [2.75, 3.05) is 5.75 Å². The molecule has 0 aliphatic rings. The lowest BCUT2D eigenvalue weighted by atomic mass is 10.3. The van der Waals surface area contributed by atoms with Gasteiger partial charge in [0.15, 0.2) is 0 Å². The number of aryl methyl sites for hydroxylation is 1. The lowest BCUT2D eigenvalue weighted by Crippen LogP contribution is -2.39. The number of rotatable bonds is 6. The van der Waals surface area contributed by atoms with Gasteiger partial charge in [0.05, 0.1) is 24.1 Å². The molecule has 2 N–H and O–H groups in total. The molecule has 8 nitrogen and oxygen atoms in total. The van der Waals surface area contributed by atoms with Crippen LogP contribution in [-0.2, 0) is 11.3 Å². The molecule has 0 aliphatic heterocycles. The van der Waals surface area contributed by atoms with E-state index in [0.717, 1.165) is 16.6 Å². The summed E-state index contributed by atoms with van der Waals surface area (Å²) in [6, 6.07) is 4.98. The van der Waals surface area contributed by atoms with E-state index in [9.17, 15) is 9.59 Å². The number of nitrogens with zero attached hydrogens (tertiary/aromatic N) is 2. The Kier molecular flexibility index (Phi) is 5.51. The predicted molar refractivity (Wildman–Crippen MR) is 92.2 cm³/mol. The lowest BCUT2D eigenvalue weighted by molar-refractivity contribution is -0.117. The van der Waals surface area contributed by atoms with E-state index in [-0.39, 0.29) is 11.0 Å². The maximum Gasteiger partial charge on any atom is 0.321 e. The SMILES string of the molecule is Cc1occc1-c1nnc(SCC(=O)NC(=O)NCc2cccs2)o1. The third-order valence-electron chi connectivity index (χ3n) is 3.08. The molecule has 0 spiro atoms. The summed E-state index contributed by atoms with van der Waals surface area (Å²) in [5, 5.41) is 14.8. The summed E-state index contributed by atoms with van der Waals surface area (Å²) in [6.45, 7) is 2.16. The number of carbonyl (C=O) groups is 2. The smallest absolute Gasteiger partial charge is 0.321 e. The molecule has 3 aromatic rings. The van der Waals surface area contributed by atoms with Crippen LogP contribution in [0.4, 0.5) is 4.79 Å². The summed E-state index contributed by atoms with van der Waals surface area (Å²) in [6.07, 6.45) is 1.53. The number of hydrogen-bond donors (Lipinski definition) is 2. The number of aromatic nitrogens is 2. The highest BCUT2D eigenvalue weighted by atomic mass is 32.2. The second-order valence-electron chi connectivity index (χ2n) is 4.86. The number of furan rings is 1. The fraction of sp³-hybridized carbons (Fsp3) is 0.200. The Labute approximate surface area is 151 Å². The predicted octanol–water partition coefficient (Wildman–Crippen LogP) is 2.82. The third-order valence-corrected chi connectivity index (χ3v) is 4.77. The van der Waals surface area contributed by atoms with Gasteiger partial charge in [0, 0.05) is 4.88 Å². The normalized spacial score (nSPS) is 10.6. The van der Waals surface area contributed by atoms with E-state index in [1.807, 2.05) is 17.5 Å². The molecular formula is C15H14N4O4S2. The van der Waals surface area contributed by atoms with Crippen LogP contribution in [0.25, 0.3) is 11.5 Å². The molecule has 25 heavy (non-hydrogen) atoms. The van der Waals surface area contributed by atoms with Crippen LogP contribution >= 0.6 is 23.1 Å². The van der Waals surface area contributed by atoms with E-state index in [0.29, 0.717) is 23.8 Å². The number of carbonyl (C=O) groups excluding carboxylic acids is 2. The number of amides is 3. The Morgan fingerprint density at radius 3 is 2.92 bits per heavy atom. The highest BCUT2D eigenvalue weighted by Crippen LogP contribution is 2.26. The molecule has 0 saturated heterocycles. The number of hydrogen-bond acceptors (Lipinski definition) is 8. The van der Waals surface area contributed by atoms with E-state index >= 15 is 0 Å². The van der Waals surface area contributed by atoms with Gasteiger partial charge < -0.3 is 14.2 Å². The molecule has 3 rings (SSSR count). The van der Waals surface area contributed by atoms with E-state index < -0.39 is 11.9 Å². The van der Waals surface area contributed by atoms with E-state index in [4.69, 9.17) is 8.83 Å². The molecule has 0 bridgehead atoms. The van der Waals surface area contributed by atoms with E-state index in [1.165, 1.54) is 17.6 Å². The maximum atomic E-state index is 11.8. The molecule has 3 aromatic heterocycles. The number of imide groups is 1. The fourth-order valence-electron chi connectivity index (χ4n) is 1.90. The van der Waals surface area contributed by atoms with Gasteiger partial charge in [0.1, 0.15) is 5.76 Å². The van der Waals surface area contributed by atoms with Crippen LogP contribution in [0.5, 0.6) is 0 Å². The molecule has 3 heterocycles. The molecule has 10 heteroatoms. The first kappa shape index (κ1) is 17.2. The second-order valence-corrected chi connectivity index (χ2v) is 6.82. The second kappa shape index (κ2) is 7.99. The topological polar surface area (TPSA) is 110 Å². The summed E-state index contributed by atoms with van der Waals surface area (Å²) < 4.78 is 10.6. The molecular weight excluding hydrogens is 364 g/mol. The monoisotopic (exact) mass is 378 g/mol. The summed E-state index contributed by atoms with van der Waals surface area (Å²) >= 11 is 2.58. The van der Waals surface area contributed by atoms with Gasteiger partial charge in [-0.1, -0.05) is 17.8 Å². The summed E-state index contributed by atoms with van der Waals surface area (Å²) in [7, 11) is 0. The largest absolute Gasteiger partial charge is 0.469 e. The van der Waals surface area contributed by atoms with Gasteiger partial charge in [-0.3, -0.25) is 10.1 Å². The maximum absolute atomic E-state index is 11.8. The Balaban J connectivity index is 1.44. The average Bonchev–Trinajstić information content (AvgIpc) is 3.32. The van der Waals surface area contributed by atoms with Crippen molar-refractivity contribution in [1.82, 2.24) is 20.8 Å². The van der Waals surface area contributed by atoms with Crippen molar-refractivity contribution in [2.45, 2.75) is 18.7 Å². The minimum atomic E-state index is -0.542. The molecule has 0 unspecified atom stereocenters. The van der Waals surface area contributed by atoms with Gasteiger partial charge in [-0.2, -0.15) is 0 Å². The van der Waals surface area contributed by atoms with Crippen molar-refractivity contribution in [3.05, 3.63) is 40.5 Å². The van der Waals surface area contributed by atoms with Crippen molar-refractivity contribution in [3.8, 4) is 11.5 Å². The van der Waals surface area contributed by atoms with Crippen molar-refractivity contribution in [1.29, 1.82) is 0 Å². The molecule has 130 valence electrons. The molecule has 3 amide bonds. The first-order chi connectivity index (χ1) is 12.1. The van der Waals surface area contributed by atoms with Gasteiger partial charge >= 0.3 is 6.03 Å². The van der Waals surface area contributed by atoms with Gasteiger partial charge in [-0.25, -0.2) is 4.79 Å². The summed E-state index contributed by atoms with van der Waals surface area (Å²) in [5.41, 5.74) is 0.705. The zero-order chi connectivity index (χ0) is 17.6. The molecule has 0 atom stereocenters. The number of nitrogens with one attached hydrogen (secondary N) is 2. The Morgan fingerprint density at radius 2 is 2.20 bits per heavy atom. The van der Waals surface area contributed by atoms with Crippen LogP contribution in [0, 0.1) is 6.92 Å². The van der Waals surface area contributed by atoms with Crippen LogP contribution in [0.3, 0.4) is 0 Å². The van der Waals surface area contributed by atoms with Gasteiger partial charge in [0.2, 0.25) is 5.91 Å². The Morgan fingerprint density at radius 1 is 1.32 bits per heavy atom. The highest BCUT2D eigenvalue weighted by molar-refractivity contribution is 7.99. The quantitative estimate of drug-likeness (QED) is 0.635. The van der Waals surface area contributed by atoms with Crippen LogP contribution in [0.2, 0.25) is 0 Å². The zero-order valence-corrected chi connectivity index (χ0v) is 14.8. The minimum Gasteiger partial charge on any atom is -0.469 e. The fourth-order valence-corrected chi connectivity index (χ4v) is 3.11. The first-order valence-corrected chi connectivity index (χ1v) is 9.09. The van der Waals surface area contributed by atoms with Gasteiger partial charge in [0.25, 0.3) is 11.1 Å². The minimum absolute atomic E-state index is 0.0155. The van der Waals surface area contributed by atoms with Crippen molar-refractivity contribution in [3.63, 3.8) is 0 Å². The van der Waals surface area contributed by atoms with Crippen LogP contribution in [0.15, 0.2) is 43.9 Å². The highest BCUT2D eigenvalue weighted by Gasteiger charge is 2.15. The number of thiophene rings is 1. The van der Waals surface area contributed by atoms with Crippen molar-refractivity contribution < 1.29 is 18.4 Å². The third kappa shape index (κ3) is 4.70. The van der Waals surface area contributed by atoms with Crippen molar-refractivity contribution in [2.24, 2.45) is 0 Å². The number of urea groups is 1. The standard InChI is InChI=1S/C15H14N4O4S2/c1-9-11(4-5-22-9)13-18-19-15(23-13)25-8-12(20)17-14(21)16-7-10-3-2-6-24-10/h2-6H,7-8H2,1H3,(H2,16,17,20,21). The van der Waals surface area contributed by atoms with Crippen LogP contribution < -0.4 is 10.6 Å². The van der Waals surface area contributed by atoms with Gasteiger partial charge in [-0.05, 0) is 24.4 Å². The lowest BCUT2D eigenvalue weighted by Gasteiger charge is -2.04. The first-order valence-electron chi connectivity index (χ1n) is 7.22.